The summed E-state index contributed by atoms with van der Waals surface area (Å²) in [6, 6.07) is 5.95. The Morgan fingerprint density at radius 3 is 2.64 bits per heavy atom. The highest BCUT2D eigenvalue weighted by molar-refractivity contribution is 6.30. The van der Waals surface area contributed by atoms with Crippen molar-refractivity contribution in [3.05, 3.63) is 53.5 Å². The van der Waals surface area contributed by atoms with Crippen LogP contribution in [0.1, 0.15) is 18.5 Å². The first-order valence-electron chi connectivity index (χ1n) is 10.7. The van der Waals surface area contributed by atoms with Crippen LogP contribution < -0.4 is 15.0 Å². The maximum Gasteiger partial charge on any atom is 0.326 e. The molecule has 0 radical (unpaired) electrons. The Morgan fingerprint density at radius 1 is 1.15 bits per heavy atom. The van der Waals surface area contributed by atoms with Gasteiger partial charge in [-0.15, -0.1) is 5.10 Å². The van der Waals surface area contributed by atoms with E-state index in [1.165, 1.54) is 18.2 Å². The summed E-state index contributed by atoms with van der Waals surface area (Å²) in [7, 11) is 0. The number of ether oxygens (including phenoxy) is 1. The summed E-state index contributed by atoms with van der Waals surface area (Å²) in [6.07, 6.45) is 5.16. The van der Waals surface area contributed by atoms with Gasteiger partial charge < -0.3 is 15.0 Å². The van der Waals surface area contributed by atoms with Crippen LogP contribution in [0.3, 0.4) is 0 Å². The molecule has 172 valence electrons. The lowest BCUT2D eigenvalue weighted by molar-refractivity contribution is 0.374. The Bertz CT molecular complexity index is 1150. The first kappa shape index (κ1) is 21.6. The number of nitrogens with zero attached hydrogens (tertiary/aromatic N) is 6. The molecule has 2 bridgehead atoms. The number of aryl methyl sites for hydroxylation is 1. The third kappa shape index (κ3) is 4.61. The number of hydrogen-bond donors (Lipinski definition) is 1. The van der Waals surface area contributed by atoms with Gasteiger partial charge in [0.1, 0.15) is 30.0 Å². The van der Waals surface area contributed by atoms with Crippen molar-refractivity contribution in [2.75, 3.05) is 23.3 Å². The van der Waals surface area contributed by atoms with Crippen molar-refractivity contribution in [1.82, 2.24) is 24.7 Å². The topological polar surface area (TPSA) is 81.0 Å². The molecule has 1 aromatic carbocycles. The quantitative estimate of drug-likeness (QED) is 0.556. The lowest BCUT2D eigenvalue weighted by Crippen LogP contribution is -2.48. The lowest BCUT2D eigenvalue weighted by atomic mass is 9.92. The second-order valence-electron chi connectivity index (χ2n) is 8.34. The standard InChI is InChI=1S/C22H22ClF2N7O/c1-13-6-19(27-12-26-13)31-10-14-2-3-15(11-31)20(14)28-21-29-22(32(30-21)5-4-24)33-18-8-16(23)7-17(25)9-18/h4-9,12,14-15,20H,2-3,10-11H2,1H3,(H,28,30)/t14-,15+,20-. The second kappa shape index (κ2) is 8.93. The molecule has 2 fully saturated rings. The summed E-state index contributed by atoms with van der Waals surface area (Å²) in [4.78, 5) is 15.3. The Kier molecular flexibility index (Phi) is 5.84. The number of aromatic nitrogens is 5. The Morgan fingerprint density at radius 2 is 1.94 bits per heavy atom. The first-order valence-corrected chi connectivity index (χ1v) is 11.0. The summed E-state index contributed by atoms with van der Waals surface area (Å²) < 4.78 is 33.4. The summed E-state index contributed by atoms with van der Waals surface area (Å²) in [6.45, 7) is 3.68. The lowest BCUT2D eigenvalue weighted by Gasteiger charge is -2.38. The van der Waals surface area contributed by atoms with Gasteiger partial charge in [0, 0.05) is 42.0 Å². The van der Waals surface area contributed by atoms with Crippen LogP contribution in [0.5, 0.6) is 11.8 Å². The van der Waals surface area contributed by atoms with E-state index in [-0.39, 0.29) is 22.8 Å². The van der Waals surface area contributed by atoms with Crippen LogP contribution >= 0.6 is 11.6 Å². The van der Waals surface area contributed by atoms with Crippen molar-refractivity contribution in [3.63, 3.8) is 0 Å². The van der Waals surface area contributed by atoms with Crippen LogP contribution in [-0.4, -0.2) is 43.9 Å². The van der Waals surface area contributed by atoms with Gasteiger partial charge in [0.05, 0.1) is 6.20 Å². The van der Waals surface area contributed by atoms with Crippen molar-refractivity contribution in [2.45, 2.75) is 25.8 Å². The van der Waals surface area contributed by atoms with E-state index in [0.717, 1.165) is 48.3 Å². The van der Waals surface area contributed by atoms with Crippen molar-refractivity contribution in [1.29, 1.82) is 0 Å². The van der Waals surface area contributed by atoms with Crippen LogP contribution in [0.2, 0.25) is 5.02 Å². The van der Waals surface area contributed by atoms with Gasteiger partial charge in [-0.3, -0.25) is 0 Å². The molecule has 1 aliphatic carbocycles. The zero-order valence-corrected chi connectivity index (χ0v) is 18.6. The number of halogens is 3. The van der Waals surface area contributed by atoms with Crippen LogP contribution in [-0.2, 0) is 0 Å². The minimum Gasteiger partial charge on any atom is -0.424 e. The van der Waals surface area contributed by atoms with Gasteiger partial charge in [-0.1, -0.05) is 11.6 Å². The fourth-order valence-corrected chi connectivity index (χ4v) is 4.90. The average Bonchev–Trinajstić information content (AvgIpc) is 3.22. The van der Waals surface area contributed by atoms with Gasteiger partial charge in [-0.25, -0.2) is 18.7 Å². The molecule has 8 nitrogen and oxygen atoms in total. The predicted octanol–water partition coefficient (Wildman–Crippen LogP) is 4.69. The minimum absolute atomic E-state index is 0.00527. The zero-order chi connectivity index (χ0) is 22.9. The number of hydrogen-bond acceptors (Lipinski definition) is 7. The molecular formula is C22H22ClF2N7O. The second-order valence-corrected chi connectivity index (χ2v) is 8.77. The van der Waals surface area contributed by atoms with E-state index in [9.17, 15) is 8.78 Å². The van der Waals surface area contributed by atoms with Gasteiger partial charge in [0.2, 0.25) is 5.95 Å². The molecule has 1 saturated carbocycles. The van der Waals surface area contributed by atoms with Crippen LogP contribution in [0.15, 0.2) is 36.9 Å². The number of rotatable bonds is 6. The smallest absolute Gasteiger partial charge is 0.326 e. The van der Waals surface area contributed by atoms with E-state index < -0.39 is 5.82 Å². The predicted molar refractivity (Wildman–Crippen MR) is 121 cm³/mol. The molecule has 33 heavy (non-hydrogen) atoms. The fourth-order valence-electron chi connectivity index (χ4n) is 4.69. The van der Waals surface area contributed by atoms with E-state index in [1.54, 1.807) is 6.33 Å². The molecule has 3 atom stereocenters. The summed E-state index contributed by atoms with van der Waals surface area (Å²) in [5, 5.41) is 7.90. The Hall–Kier alpha value is -3.27. The van der Waals surface area contributed by atoms with Crippen molar-refractivity contribution in [2.24, 2.45) is 11.8 Å². The molecule has 1 N–H and O–H groups in total. The molecule has 0 amide bonds. The Balaban J connectivity index is 1.33. The highest BCUT2D eigenvalue weighted by Crippen LogP contribution is 2.40. The van der Waals surface area contributed by atoms with Gasteiger partial charge >= 0.3 is 6.01 Å². The number of benzene rings is 1. The van der Waals surface area contributed by atoms with Gasteiger partial charge in [0.25, 0.3) is 0 Å². The summed E-state index contributed by atoms with van der Waals surface area (Å²) in [5.41, 5.74) is 0.940. The van der Waals surface area contributed by atoms with Crippen molar-refractivity contribution < 1.29 is 13.5 Å². The van der Waals surface area contributed by atoms with Gasteiger partial charge in [-0.05, 0) is 43.7 Å². The zero-order valence-electron chi connectivity index (χ0n) is 17.8. The molecule has 1 saturated heterocycles. The van der Waals surface area contributed by atoms with Gasteiger partial charge in [0.15, 0.2) is 0 Å². The van der Waals surface area contributed by atoms with E-state index >= 15 is 0 Å². The Labute approximate surface area is 194 Å². The number of fused-ring (bicyclic) bond motifs is 2. The maximum atomic E-state index is 13.7. The average molecular weight is 474 g/mol. The van der Waals surface area contributed by atoms with E-state index in [4.69, 9.17) is 16.3 Å². The molecule has 5 rings (SSSR count). The maximum absolute atomic E-state index is 13.7. The molecule has 3 aromatic rings. The van der Waals surface area contributed by atoms with E-state index in [0.29, 0.717) is 24.1 Å². The fraction of sp³-hybridized carbons (Fsp3) is 0.364. The third-order valence-electron chi connectivity index (χ3n) is 6.09. The van der Waals surface area contributed by atoms with Gasteiger partial charge in [-0.2, -0.15) is 9.67 Å². The number of piperidine rings is 1. The normalized spacial score (nSPS) is 22.2. The summed E-state index contributed by atoms with van der Waals surface area (Å²) >= 11 is 5.89. The number of anilines is 2. The van der Waals surface area contributed by atoms with Crippen LogP contribution in [0.4, 0.5) is 20.5 Å². The molecule has 3 heterocycles. The minimum atomic E-state index is -0.551. The van der Waals surface area contributed by atoms with Crippen molar-refractivity contribution >= 4 is 29.6 Å². The molecule has 2 aromatic heterocycles. The monoisotopic (exact) mass is 473 g/mol. The number of nitrogens with one attached hydrogen (secondary N) is 1. The third-order valence-corrected chi connectivity index (χ3v) is 6.30. The molecular weight excluding hydrogens is 452 g/mol. The highest BCUT2D eigenvalue weighted by atomic mass is 35.5. The highest BCUT2D eigenvalue weighted by Gasteiger charge is 2.43. The molecule has 2 aliphatic rings. The molecule has 0 unspecified atom stereocenters. The molecule has 11 heteroatoms. The van der Waals surface area contributed by atoms with Crippen LogP contribution in [0, 0.1) is 24.6 Å². The molecule has 1 aliphatic heterocycles. The largest absolute Gasteiger partial charge is 0.424 e. The van der Waals surface area contributed by atoms with Crippen molar-refractivity contribution in [3.8, 4) is 11.8 Å². The van der Waals surface area contributed by atoms with E-state index in [2.05, 4.69) is 30.3 Å². The van der Waals surface area contributed by atoms with E-state index in [1.807, 2.05) is 13.0 Å². The molecule has 0 spiro atoms. The van der Waals surface area contributed by atoms with Crippen LogP contribution in [0.25, 0.3) is 6.20 Å². The SMILES string of the molecule is Cc1cc(N2C[C@H]3CC[C@@H](C2)[C@@H]3Nc2nc(Oc3cc(F)cc(Cl)c3)n(C=CF)n2)ncn1. The summed E-state index contributed by atoms with van der Waals surface area (Å²) in [5.74, 6) is 1.62. The first-order chi connectivity index (χ1) is 16.0.